The summed E-state index contributed by atoms with van der Waals surface area (Å²) in [5.41, 5.74) is 7.87. The highest BCUT2D eigenvalue weighted by Crippen LogP contribution is 2.44. The molecule has 3 aromatic rings. The van der Waals surface area contributed by atoms with E-state index in [1.54, 1.807) is 0 Å². The molecule has 1 aliphatic carbocycles. The topological polar surface area (TPSA) is 72.2 Å². The zero-order valence-electron chi connectivity index (χ0n) is 16.3. The van der Waals surface area contributed by atoms with Crippen molar-refractivity contribution >= 4 is 11.8 Å². The molecule has 31 heavy (non-hydrogen) atoms. The molecule has 3 aromatic carbocycles. The van der Waals surface area contributed by atoms with Gasteiger partial charge in [0.2, 0.25) is 11.8 Å². The van der Waals surface area contributed by atoms with E-state index < -0.39 is 35.5 Å². The minimum absolute atomic E-state index is 0.105. The number of halogens is 3. The Morgan fingerprint density at radius 1 is 0.871 bits per heavy atom. The van der Waals surface area contributed by atoms with Crippen molar-refractivity contribution < 1.29 is 22.8 Å². The number of carbonyl (C=O) groups is 2. The Labute approximate surface area is 176 Å². The van der Waals surface area contributed by atoms with Gasteiger partial charge in [0.05, 0.1) is 11.5 Å². The summed E-state index contributed by atoms with van der Waals surface area (Å²) in [6.45, 7) is 0. The van der Waals surface area contributed by atoms with Crippen LogP contribution in [0, 0.1) is 0 Å². The normalized spacial score (nSPS) is 13.9. The molecular weight excluding hydrogens is 405 g/mol. The average Bonchev–Trinajstić information content (AvgIpc) is 3.07. The van der Waals surface area contributed by atoms with Gasteiger partial charge in [0.15, 0.2) is 0 Å². The van der Waals surface area contributed by atoms with Crippen molar-refractivity contribution in [1.82, 2.24) is 5.32 Å². The fourth-order valence-electron chi connectivity index (χ4n) is 4.11. The fraction of sp³-hybridized carbons (Fsp3) is 0.167. The van der Waals surface area contributed by atoms with Gasteiger partial charge in [-0.2, -0.15) is 13.2 Å². The van der Waals surface area contributed by atoms with Crippen LogP contribution in [0.4, 0.5) is 13.2 Å². The maximum absolute atomic E-state index is 13.3. The first-order valence-electron chi connectivity index (χ1n) is 9.70. The molecular formula is C24H19F3N2O2. The summed E-state index contributed by atoms with van der Waals surface area (Å²) in [6, 6.07) is 18.5. The third-order valence-electron chi connectivity index (χ3n) is 5.50. The SMILES string of the molecule is NC(=O)[C@H](Cc1ccccc1C(F)(F)F)NC(=O)C1c2ccccc2-c2ccccc21. The van der Waals surface area contributed by atoms with Crippen molar-refractivity contribution in [2.24, 2.45) is 5.73 Å². The third kappa shape index (κ3) is 3.91. The van der Waals surface area contributed by atoms with Gasteiger partial charge in [-0.25, -0.2) is 0 Å². The molecule has 7 heteroatoms. The van der Waals surface area contributed by atoms with Gasteiger partial charge in [0.1, 0.15) is 6.04 Å². The zero-order chi connectivity index (χ0) is 22.2. The van der Waals surface area contributed by atoms with Crippen LogP contribution in [0.25, 0.3) is 11.1 Å². The number of hydrogen-bond acceptors (Lipinski definition) is 2. The Balaban J connectivity index is 1.64. The summed E-state index contributed by atoms with van der Waals surface area (Å²) in [5, 5.41) is 2.59. The minimum atomic E-state index is -4.58. The van der Waals surface area contributed by atoms with Crippen LogP contribution in [0.1, 0.15) is 28.2 Å². The third-order valence-corrected chi connectivity index (χ3v) is 5.50. The monoisotopic (exact) mass is 424 g/mol. The molecule has 0 aliphatic heterocycles. The second-order valence-corrected chi connectivity index (χ2v) is 7.43. The Morgan fingerprint density at radius 2 is 1.39 bits per heavy atom. The summed E-state index contributed by atoms with van der Waals surface area (Å²) in [4.78, 5) is 25.2. The van der Waals surface area contributed by atoms with Crippen LogP contribution in [0.3, 0.4) is 0 Å². The van der Waals surface area contributed by atoms with E-state index in [-0.39, 0.29) is 12.0 Å². The quantitative estimate of drug-likeness (QED) is 0.649. The summed E-state index contributed by atoms with van der Waals surface area (Å²) < 4.78 is 40.0. The van der Waals surface area contributed by atoms with E-state index in [9.17, 15) is 22.8 Å². The average molecular weight is 424 g/mol. The predicted octanol–water partition coefficient (Wildman–Crippen LogP) is 4.03. The molecule has 0 radical (unpaired) electrons. The summed E-state index contributed by atoms with van der Waals surface area (Å²) >= 11 is 0. The first-order chi connectivity index (χ1) is 14.8. The van der Waals surface area contributed by atoms with E-state index >= 15 is 0 Å². The van der Waals surface area contributed by atoms with Gasteiger partial charge < -0.3 is 11.1 Å². The molecule has 0 unspecified atom stereocenters. The van der Waals surface area contributed by atoms with Crippen LogP contribution < -0.4 is 11.1 Å². The smallest absolute Gasteiger partial charge is 0.368 e. The lowest BCUT2D eigenvalue weighted by Crippen LogP contribution is -2.47. The van der Waals surface area contributed by atoms with Gasteiger partial charge in [-0.15, -0.1) is 0 Å². The van der Waals surface area contributed by atoms with Crippen LogP contribution in [-0.2, 0) is 22.2 Å². The van der Waals surface area contributed by atoms with Gasteiger partial charge >= 0.3 is 6.18 Å². The molecule has 158 valence electrons. The Kier molecular flexibility index (Phi) is 5.27. The summed E-state index contributed by atoms with van der Waals surface area (Å²) in [7, 11) is 0. The van der Waals surface area contributed by atoms with E-state index in [2.05, 4.69) is 5.32 Å². The van der Waals surface area contributed by atoms with Gasteiger partial charge in [0.25, 0.3) is 0 Å². The number of rotatable bonds is 5. The number of benzene rings is 3. The molecule has 0 aromatic heterocycles. The van der Waals surface area contributed by atoms with Crippen LogP contribution in [-0.4, -0.2) is 17.9 Å². The Morgan fingerprint density at radius 3 is 1.94 bits per heavy atom. The molecule has 0 saturated carbocycles. The van der Waals surface area contributed by atoms with Gasteiger partial charge in [-0.1, -0.05) is 66.7 Å². The summed E-state index contributed by atoms with van der Waals surface area (Å²) in [6.07, 6.45) is -4.93. The standard InChI is InChI=1S/C24H19F3N2O2/c25-24(26,27)19-12-6-1-7-14(19)13-20(22(28)30)29-23(31)21-17-10-4-2-8-15(17)16-9-3-5-11-18(16)21/h1-12,20-21H,13H2,(H2,28,30)(H,29,31)/t20-/m0/s1. The maximum Gasteiger partial charge on any atom is 0.416 e. The van der Waals surface area contributed by atoms with Crippen LogP contribution in [0.2, 0.25) is 0 Å². The molecule has 4 rings (SSSR count). The van der Waals surface area contributed by atoms with E-state index in [0.717, 1.165) is 28.3 Å². The lowest BCUT2D eigenvalue weighted by Gasteiger charge is -2.21. The number of alkyl halides is 3. The maximum atomic E-state index is 13.3. The molecule has 0 spiro atoms. The molecule has 1 aliphatic rings. The van der Waals surface area contributed by atoms with Crippen LogP contribution in [0.15, 0.2) is 72.8 Å². The zero-order valence-corrected chi connectivity index (χ0v) is 16.3. The van der Waals surface area contributed by atoms with Crippen molar-refractivity contribution in [2.45, 2.75) is 24.6 Å². The van der Waals surface area contributed by atoms with Crippen molar-refractivity contribution in [2.75, 3.05) is 0 Å². The molecule has 2 amide bonds. The molecule has 0 bridgehead atoms. The van der Waals surface area contributed by atoms with Gasteiger partial charge in [-0.05, 0) is 33.9 Å². The molecule has 0 heterocycles. The highest BCUT2D eigenvalue weighted by molar-refractivity contribution is 5.98. The van der Waals surface area contributed by atoms with E-state index in [1.807, 2.05) is 48.5 Å². The highest BCUT2D eigenvalue weighted by Gasteiger charge is 2.37. The van der Waals surface area contributed by atoms with Crippen molar-refractivity contribution in [3.8, 4) is 11.1 Å². The first-order valence-corrected chi connectivity index (χ1v) is 9.70. The molecule has 1 atom stereocenters. The lowest BCUT2D eigenvalue weighted by molar-refractivity contribution is -0.138. The molecule has 4 nitrogen and oxygen atoms in total. The fourth-order valence-corrected chi connectivity index (χ4v) is 4.11. The number of carbonyl (C=O) groups excluding carboxylic acids is 2. The Hall–Kier alpha value is -3.61. The number of fused-ring (bicyclic) bond motifs is 3. The van der Waals surface area contributed by atoms with Gasteiger partial charge in [-0.3, -0.25) is 9.59 Å². The van der Waals surface area contributed by atoms with Crippen LogP contribution >= 0.6 is 0 Å². The van der Waals surface area contributed by atoms with Gasteiger partial charge in [0, 0.05) is 6.42 Å². The second kappa shape index (κ2) is 7.91. The van der Waals surface area contributed by atoms with E-state index in [4.69, 9.17) is 5.73 Å². The van der Waals surface area contributed by atoms with E-state index in [1.165, 1.54) is 18.2 Å². The largest absolute Gasteiger partial charge is 0.416 e. The lowest BCUT2D eigenvalue weighted by atomic mass is 9.94. The number of primary amides is 1. The van der Waals surface area contributed by atoms with Crippen molar-refractivity contribution in [1.29, 1.82) is 0 Å². The number of hydrogen-bond donors (Lipinski definition) is 2. The van der Waals surface area contributed by atoms with Crippen LogP contribution in [0.5, 0.6) is 0 Å². The molecule has 0 fully saturated rings. The minimum Gasteiger partial charge on any atom is -0.368 e. The Bertz CT molecular complexity index is 1110. The number of amides is 2. The predicted molar refractivity (Wildman–Crippen MR) is 110 cm³/mol. The number of nitrogens with two attached hydrogens (primary N) is 1. The van der Waals surface area contributed by atoms with Crippen molar-refractivity contribution in [3.05, 3.63) is 95.1 Å². The number of nitrogens with one attached hydrogen (secondary N) is 1. The van der Waals surface area contributed by atoms with Crippen molar-refractivity contribution in [3.63, 3.8) is 0 Å². The highest BCUT2D eigenvalue weighted by atomic mass is 19.4. The molecule has 0 saturated heterocycles. The van der Waals surface area contributed by atoms with E-state index in [0.29, 0.717) is 0 Å². The molecule has 3 N–H and O–H groups in total. The first kappa shape index (κ1) is 20.7. The summed E-state index contributed by atoms with van der Waals surface area (Å²) in [5.74, 6) is -2.05. The second-order valence-electron chi connectivity index (χ2n) is 7.43.